The number of nitrogens with zero attached hydrogens (tertiary/aromatic N) is 1. The Balaban J connectivity index is 4.24. The van der Waals surface area contributed by atoms with Gasteiger partial charge in [-0.2, -0.15) is 0 Å². The lowest BCUT2D eigenvalue weighted by Gasteiger charge is -2.24. The molecule has 0 aliphatic heterocycles. The molecular weight excluding hydrogens is 725 g/mol. The molecule has 0 radical (unpaired) electrons. The molecule has 0 aliphatic carbocycles. The predicted octanol–water partition coefficient (Wildman–Crippen LogP) is 13.4. The molecule has 332 valence electrons. The fourth-order valence-electron chi connectivity index (χ4n) is 6.60. The van der Waals surface area contributed by atoms with Gasteiger partial charge < -0.3 is 18.9 Å². The maximum atomic E-state index is 12.7. The monoisotopic (exact) mass is 817 g/mol. The Morgan fingerprint density at radius 1 is 0.536 bits per heavy atom. The number of carbonyl (C=O) groups excluding carboxylic acids is 2. The minimum absolute atomic E-state index is 0.0336. The molecule has 10 heteroatoms. The van der Waals surface area contributed by atoms with Gasteiger partial charge >= 0.3 is 19.8 Å². The van der Waals surface area contributed by atoms with Crippen molar-refractivity contribution in [1.29, 1.82) is 0 Å². The normalized spacial score (nSPS) is 13.6. The first kappa shape index (κ1) is 54.8. The van der Waals surface area contributed by atoms with Crippen LogP contribution < -0.4 is 0 Å². The van der Waals surface area contributed by atoms with Gasteiger partial charge in [-0.05, 0) is 38.5 Å². The number of likely N-dealkylation sites (N-methyl/N-ethyl adjacent to an activating group) is 1. The van der Waals surface area contributed by atoms with Crippen molar-refractivity contribution in [2.75, 3.05) is 47.5 Å². The van der Waals surface area contributed by atoms with E-state index in [4.69, 9.17) is 18.5 Å². The summed E-state index contributed by atoms with van der Waals surface area (Å²) in [5, 5.41) is 0. The maximum Gasteiger partial charge on any atom is 0.472 e. The standard InChI is InChI=1S/C46H90NO8P/c1-6-8-10-12-14-16-18-20-21-22-23-24-25-26-27-29-31-33-35-37-39-46(49)55-44(43-54-56(50,51)53-41-40-47(3,4)5)42-52-45(48)38-36-34-32-30-28-19-17-15-13-11-9-7-2/h15,17,44H,6-14,16,18-43H2,1-5H3/p+1/b17-15+/t44-/m1/s1. The summed E-state index contributed by atoms with van der Waals surface area (Å²) in [5.74, 6) is -0.798. The van der Waals surface area contributed by atoms with Crippen molar-refractivity contribution in [3.8, 4) is 0 Å². The van der Waals surface area contributed by atoms with E-state index < -0.39 is 26.5 Å². The predicted molar refractivity (Wildman–Crippen MR) is 234 cm³/mol. The Morgan fingerprint density at radius 2 is 0.911 bits per heavy atom. The fraction of sp³-hybridized carbons (Fsp3) is 0.913. The molecule has 2 atom stereocenters. The molecule has 56 heavy (non-hydrogen) atoms. The number of phosphoric ester groups is 1. The van der Waals surface area contributed by atoms with Crippen molar-refractivity contribution in [2.24, 2.45) is 0 Å². The fourth-order valence-corrected chi connectivity index (χ4v) is 7.34. The number of hydrogen-bond donors (Lipinski definition) is 1. The number of unbranched alkanes of at least 4 members (excludes halogenated alkanes) is 27. The average Bonchev–Trinajstić information content (AvgIpc) is 3.15. The molecule has 0 aliphatic rings. The number of rotatable bonds is 43. The second kappa shape index (κ2) is 39.2. The maximum absolute atomic E-state index is 12.7. The number of quaternary nitrogens is 1. The molecule has 1 unspecified atom stereocenters. The molecule has 1 N–H and O–H groups in total. The third-order valence-corrected chi connectivity index (χ3v) is 11.3. The Kier molecular flexibility index (Phi) is 38.3. The van der Waals surface area contributed by atoms with Crippen LogP contribution in [0.2, 0.25) is 0 Å². The highest BCUT2D eigenvalue weighted by atomic mass is 31.2. The Hall–Kier alpha value is -1.25. The van der Waals surface area contributed by atoms with Gasteiger partial charge in [0.1, 0.15) is 19.8 Å². The van der Waals surface area contributed by atoms with Crippen LogP contribution in [0, 0.1) is 0 Å². The average molecular weight is 817 g/mol. The number of ether oxygens (including phenoxy) is 2. The molecule has 9 nitrogen and oxygen atoms in total. The third kappa shape index (κ3) is 42.4. The van der Waals surface area contributed by atoms with Crippen LogP contribution in [0.1, 0.15) is 219 Å². The van der Waals surface area contributed by atoms with Crippen LogP contribution in [0.3, 0.4) is 0 Å². The first-order valence-corrected chi connectivity index (χ1v) is 24.9. The molecule has 0 aromatic heterocycles. The number of esters is 2. The molecule has 0 aromatic carbocycles. The molecular formula is C46H91NO8P+. The number of phosphoric acid groups is 1. The van der Waals surface area contributed by atoms with Crippen LogP contribution in [0.25, 0.3) is 0 Å². The van der Waals surface area contributed by atoms with Gasteiger partial charge in [-0.3, -0.25) is 18.6 Å². The molecule has 0 saturated carbocycles. The van der Waals surface area contributed by atoms with Gasteiger partial charge in [-0.1, -0.05) is 180 Å². The molecule has 0 amide bonds. The lowest BCUT2D eigenvalue weighted by molar-refractivity contribution is -0.870. The summed E-state index contributed by atoms with van der Waals surface area (Å²) in [4.78, 5) is 35.4. The first-order valence-electron chi connectivity index (χ1n) is 23.4. The lowest BCUT2D eigenvalue weighted by atomic mass is 10.0. The van der Waals surface area contributed by atoms with Crippen molar-refractivity contribution < 1.29 is 42.1 Å². The quantitative estimate of drug-likeness (QED) is 0.0213. The van der Waals surface area contributed by atoms with Gasteiger partial charge in [-0.25, -0.2) is 4.57 Å². The zero-order valence-electron chi connectivity index (χ0n) is 37.4. The van der Waals surface area contributed by atoms with Gasteiger partial charge in [0.15, 0.2) is 6.10 Å². The molecule has 0 bridgehead atoms. The van der Waals surface area contributed by atoms with Gasteiger partial charge in [0, 0.05) is 12.8 Å². The molecule has 0 heterocycles. The second-order valence-electron chi connectivity index (χ2n) is 17.1. The summed E-state index contributed by atoms with van der Waals surface area (Å²) < 4.78 is 34.3. The van der Waals surface area contributed by atoms with E-state index in [2.05, 4.69) is 26.0 Å². The van der Waals surface area contributed by atoms with E-state index in [-0.39, 0.29) is 32.0 Å². The van der Waals surface area contributed by atoms with Crippen LogP contribution in [0.15, 0.2) is 12.2 Å². The zero-order chi connectivity index (χ0) is 41.4. The van der Waals surface area contributed by atoms with Crippen LogP contribution in [0.5, 0.6) is 0 Å². The van der Waals surface area contributed by atoms with E-state index in [1.807, 2.05) is 21.1 Å². The Bertz CT molecular complexity index is 969. The molecule has 0 saturated heterocycles. The summed E-state index contributed by atoms with van der Waals surface area (Å²) in [6.45, 7) is 4.42. The van der Waals surface area contributed by atoms with Crippen LogP contribution >= 0.6 is 7.82 Å². The first-order chi connectivity index (χ1) is 27.0. The highest BCUT2D eigenvalue weighted by molar-refractivity contribution is 7.47. The van der Waals surface area contributed by atoms with E-state index in [1.54, 1.807) is 0 Å². The van der Waals surface area contributed by atoms with Crippen molar-refractivity contribution in [3.05, 3.63) is 12.2 Å². The molecule has 0 rings (SSSR count). The van der Waals surface area contributed by atoms with Gasteiger partial charge in [-0.15, -0.1) is 0 Å². The van der Waals surface area contributed by atoms with Crippen LogP contribution in [0.4, 0.5) is 0 Å². The minimum atomic E-state index is -4.37. The third-order valence-electron chi connectivity index (χ3n) is 10.3. The SMILES string of the molecule is CCCCC/C=C/CCCCCCCC(=O)OC[C@H](COP(=O)(O)OCC[N+](C)(C)C)OC(=O)CCCCCCCCCCCCCCCCCCCCCC. The topological polar surface area (TPSA) is 108 Å². The van der Waals surface area contributed by atoms with Crippen molar-refractivity contribution in [1.82, 2.24) is 0 Å². The summed E-state index contributed by atoms with van der Waals surface area (Å²) in [6, 6.07) is 0. The van der Waals surface area contributed by atoms with Crippen molar-refractivity contribution in [3.63, 3.8) is 0 Å². The smallest absolute Gasteiger partial charge is 0.462 e. The zero-order valence-corrected chi connectivity index (χ0v) is 38.3. The summed E-state index contributed by atoms with van der Waals surface area (Å²) in [6.07, 6.45) is 41.2. The summed E-state index contributed by atoms with van der Waals surface area (Å²) in [5.41, 5.74) is 0. The minimum Gasteiger partial charge on any atom is -0.462 e. The van der Waals surface area contributed by atoms with Gasteiger partial charge in [0.25, 0.3) is 0 Å². The van der Waals surface area contributed by atoms with E-state index in [9.17, 15) is 19.0 Å². The van der Waals surface area contributed by atoms with E-state index >= 15 is 0 Å². The van der Waals surface area contributed by atoms with E-state index in [1.165, 1.54) is 135 Å². The van der Waals surface area contributed by atoms with Crippen molar-refractivity contribution >= 4 is 19.8 Å². The number of hydrogen-bond acceptors (Lipinski definition) is 7. The second-order valence-corrected chi connectivity index (χ2v) is 18.6. The van der Waals surface area contributed by atoms with Gasteiger partial charge in [0.05, 0.1) is 27.7 Å². The molecule has 0 fully saturated rings. The largest absolute Gasteiger partial charge is 0.472 e. The number of carbonyl (C=O) groups is 2. The molecule has 0 spiro atoms. The Morgan fingerprint density at radius 3 is 1.36 bits per heavy atom. The highest BCUT2D eigenvalue weighted by Crippen LogP contribution is 2.43. The lowest BCUT2D eigenvalue weighted by Crippen LogP contribution is -2.37. The van der Waals surface area contributed by atoms with Gasteiger partial charge in [0.2, 0.25) is 0 Å². The van der Waals surface area contributed by atoms with E-state index in [0.717, 1.165) is 51.4 Å². The van der Waals surface area contributed by atoms with E-state index in [0.29, 0.717) is 17.4 Å². The summed E-state index contributed by atoms with van der Waals surface area (Å²) >= 11 is 0. The Labute approximate surface area is 346 Å². The number of allylic oxidation sites excluding steroid dienone is 2. The van der Waals surface area contributed by atoms with Crippen LogP contribution in [-0.4, -0.2) is 74.9 Å². The van der Waals surface area contributed by atoms with Crippen molar-refractivity contribution in [2.45, 2.75) is 225 Å². The van der Waals surface area contributed by atoms with Crippen LogP contribution in [-0.2, 0) is 32.7 Å². The molecule has 0 aromatic rings. The summed E-state index contributed by atoms with van der Waals surface area (Å²) in [7, 11) is 1.48. The highest BCUT2D eigenvalue weighted by Gasteiger charge is 2.27.